The molecule has 0 aliphatic carbocycles. The number of rotatable bonds is 8. The molecule has 5 N–H and O–H groups in total. The van der Waals surface area contributed by atoms with E-state index < -0.39 is 40.2 Å². The first-order valence-corrected chi connectivity index (χ1v) is 10.7. The van der Waals surface area contributed by atoms with E-state index in [4.69, 9.17) is 4.74 Å². The average Bonchev–Trinajstić information content (AvgIpc) is 3.19. The number of aliphatic hydroxyl groups excluding tert-OH is 1. The van der Waals surface area contributed by atoms with E-state index in [1.807, 2.05) is 35.1 Å². The monoisotopic (exact) mass is 498 g/mol. The molecule has 4 aromatic rings. The fraction of sp³-hybridized carbons (Fsp3) is 0.286. The number of ether oxygens (including phenoxy) is 1. The zero-order chi connectivity index (χ0) is 26.0. The van der Waals surface area contributed by atoms with Gasteiger partial charge in [0, 0.05) is 7.05 Å². The van der Waals surface area contributed by atoms with Gasteiger partial charge in [-0.2, -0.15) is 4.98 Å². The van der Waals surface area contributed by atoms with Gasteiger partial charge in [-0.05, 0) is 24.1 Å². The van der Waals surface area contributed by atoms with E-state index in [-0.39, 0.29) is 30.3 Å². The first-order chi connectivity index (χ1) is 17.2. The lowest BCUT2D eigenvalue weighted by atomic mass is 10.2. The Morgan fingerprint density at radius 3 is 2.61 bits per heavy atom. The second-order valence-electron chi connectivity index (χ2n) is 7.78. The predicted octanol–water partition coefficient (Wildman–Crippen LogP) is -0.0768. The molecular formula is C21H22N8O7. The first kappa shape index (κ1) is 24.3. The van der Waals surface area contributed by atoms with Crippen LogP contribution in [-0.4, -0.2) is 52.0 Å². The van der Waals surface area contributed by atoms with Gasteiger partial charge in [0.25, 0.3) is 17.1 Å². The minimum atomic E-state index is -1.15. The lowest BCUT2D eigenvalue weighted by Crippen LogP contribution is -2.30. The van der Waals surface area contributed by atoms with Crippen LogP contribution in [0.5, 0.6) is 11.6 Å². The highest BCUT2D eigenvalue weighted by atomic mass is 16.5. The van der Waals surface area contributed by atoms with Crippen LogP contribution in [0.25, 0.3) is 11.2 Å². The Kier molecular flexibility index (Phi) is 6.64. The van der Waals surface area contributed by atoms with Crippen LogP contribution in [0.1, 0.15) is 12.5 Å². The molecule has 0 aliphatic rings. The second kappa shape index (κ2) is 9.83. The summed E-state index contributed by atoms with van der Waals surface area (Å²) < 4.78 is 7.93. The second-order valence-corrected chi connectivity index (χ2v) is 7.78. The summed E-state index contributed by atoms with van der Waals surface area (Å²) in [5, 5.41) is 27.9. The van der Waals surface area contributed by atoms with E-state index in [9.17, 15) is 29.4 Å². The summed E-state index contributed by atoms with van der Waals surface area (Å²) in [6.07, 6.45) is -0.340. The van der Waals surface area contributed by atoms with Crippen molar-refractivity contribution in [3.05, 3.63) is 71.5 Å². The molecule has 1 aromatic carbocycles. The van der Waals surface area contributed by atoms with Gasteiger partial charge >= 0.3 is 11.4 Å². The normalized spacial score (nSPS) is 12.4. The van der Waals surface area contributed by atoms with E-state index in [0.717, 1.165) is 16.6 Å². The van der Waals surface area contributed by atoms with Crippen LogP contribution in [0.2, 0.25) is 0 Å². The lowest BCUT2D eigenvalue weighted by Gasteiger charge is -2.14. The van der Waals surface area contributed by atoms with Gasteiger partial charge in [0.05, 0.1) is 6.54 Å². The SMILES string of the molecule is CCc1cccc(OC[C@H](O)Cn2c(N=Nc3c(O)[nH]c(=O)[nH]c3=O)nc3c2c(=O)[nH]c(=O)n3C)c1. The van der Waals surface area contributed by atoms with Gasteiger partial charge in [0.15, 0.2) is 11.2 Å². The Labute approximate surface area is 200 Å². The summed E-state index contributed by atoms with van der Waals surface area (Å²) in [5.41, 5.74) is -3.17. The van der Waals surface area contributed by atoms with Gasteiger partial charge in [-0.3, -0.25) is 33.7 Å². The van der Waals surface area contributed by atoms with E-state index in [1.165, 1.54) is 11.6 Å². The number of aromatic amines is 3. The van der Waals surface area contributed by atoms with Gasteiger partial charge < -0.3 is 14.9 Å². The molecule has 0 unspecified atom stereocenters. The smallest absolute Gasteiger partial charge is 0.329 e. The number of hydrogen-bond acceptors (Lipinski definition) is 10. The Morgan fingerprint density at radius 1 is 1.11 bits per heavy atom. The third-order valence-electron chi connectivity index (χ3n) is 5.27. The molecule has 4 rings (SSSR count). The number of nitrogens with zero attached hydrogens (tertiary/aromatic N) is 5. The number of benzene rings is 1. The Morgan fingerprint density at radius 2 is 1.89 bits per heavy atom. The average molecular weight is 498 g/mol. The molecule has 0 saturated carbocycles. The van der Waals surface area contributed by atoms with Crippen molar-refractivity contribution >= 4 is 22.8 Å². The zero-order valence-electron chi connectivity index (χ0n) is 19.2. The first-order valence-electron chi connectivity index (χ1n) is 10.7. The molecule has 0 bridgehead atoms. The predicted molar refractivity (Wildman–Crippen MR) is 126 cm³/mol. The number of aromatic nitrogens is 6. The number of nitrogens with one attached hydrogen (secondary N) is 3. The number of azo groups is 1. The molecule has 0 fully saturated rings. The molecule has 0 spiro atoms. The van der Waals surface area contributed by atoms with Crippen LogP contribution in [-0.2, 0) is 20.0 Å². The maximum absolute atomic E-state index is 12.6. The molecule has 0 radical (unpaired) electrons. The van der Waals surface area contributed by atoms with Gasteiger partial charge in [-0.1, -0.05) is 19.1 Å². The largest absolute Gasteiger partial charge is 0.493 e. The van der Waals surface area contributed by atoms with Crippen LogP contribution in [0.3, 0.4) is 0 Å². The quantitative estimate of drug-likeness (QED) is 0.207. The van der Waals surface area contributed by atoms with Crippen LogP contribution in [0.4, 0.5) is 11.6 Å². The van der Waals surface area contributed by atoms with Crippen molar-refractivity contribution in [3.8, 4) is 11.6 Å². The Hall–Kier alpha value is -4.79. The summed E-state index contributed by atoms with van der Waals surface area (Å²) in [6, 6.07) is 7.36. The highest BCUT2D eigenvalue weighted by molar-refractivity contribution is 5.73. The van der Waals surface area contributed by atoms with E-state index in [0.29, 0.717) is 5.75 Å². The van der Waals surface area contributed by atoms with Crippen molar-refractivity contribution in [2.45, 2.75) is 26.0 Å². The van der Waals surface area contributed by atoms with Crippen LogP contribution in [0.15, 0.2) is 53.7 Å². The number of aryl methyl sites for hydroxylation is 2. The fourth-order valence-electron chi connectivity index (χ4n) is 3.44. The van der Waals surface area contributed by atoms with E-state index in [1.54, 1.807) is 6.07 Å². The van der Waals surface area contributed by atoms with Crippen LogP contribution < -0.4 is 27.2 Å². The fourth-order valence-corrected chi connectivity index (χ4v) is 3.44. The van der Waals surface area contributed by atoms with Crippen molar-refractivity contribution in [1.82, 2.24) is 29.1 Å². The van der Waals surface area contributed by atoms with E-state index in [2.05, 4.69) is 20.2 Å². The number of imidazole rings is 1. The van der Waals surface area contributed by atoms with Gasteiger partial charge in [-0.25, -0.2) is 9.59 Å². The number of fused-ring (bicyclic) bond motifs is 1. The number of H-pyrrole nitrogens is 3. The van der Waals surface area contributed by atoms with Gasteiger partial charge in [0.1, 0.15) is 18.5 Å². The molecule has 0 aliphatic heterocycles. The molecule has 0 amide bonds. The number of hydrogen-bond donors (Lipinski definition) is 5. The van der Waals surface area contributed by atoms with Crippen molar-refractivity contribution in [3.63, 3.8) is 0 Å². The number of aromatic hydroxyl groups is 1. The van der Waals surface area contributed by atoms with Gasteiger partial charge in [-0.15, -0.1) is 10.2 Å². The summed E-state index contributed by atoms with van der Waals surface area (Å²) in [7, 11) is 1.37. The molecule has 1 atom stereocenters. The van der Waals surface area contributed by atoms with Crippen LogP contribution in [0, 0.1) is 0 Å². The van der Waals surface area contributed by atoms with Crippen molar-refractivity contribution in [1.29, 1.82) is 0 Å². The maximum Gasteiger partial charge on any atom is 0.329 e. The molecule has 15 nitrogen and oxygen atoms in total. The Balaban J connectivity index is 1.71. The molecule has 36 heavy (non-hydrogen) atoms. The van der Waals surface area contributed by atoms with Crippen molar-refractivity contribution in [2.75, 3.05) is 6.61 Å². The van der Waals surface area contributed by atoms with Gasteiger partial charge in [0.2, 0.25) is 11.6 Å². The third kappa shape index (κ3) is 4.85. The van der Waals surface area contributed by atoms with E-state index >= 15 is 0 Å². The molecule has 188 valence electrons. The highest BCUT2D eigenvalue weighted by Crippen LogP contribution is 2.23. The maximum atomic E-state index is 12.6. The van der Waals surface area contributed by atoms with Crippen molar-refractivity contribution < 1.29 is 14.9 Å². The summed E-state index contributed by atoms with van der Waals surface area (Å²) >= 11 is 0. The highest BCUT2D eigenvalue weighted by Gasteiger charge is 2.20. The summed E-state index contributed by atoms with van der Waals surface area (Å²) in [5.74, 6) is -0.534. The third-order valence-corrected chi connectivity index (χ3v) is 5.27. The van der Waals surface area contributed by atoms with Crippen molar-refractivity contribution in [2.24, 2.45) is 17.3 Å². The minimum Gasteiger partial charge on any atom is -0.493 e. The lowest BCUT2D eigenvalue weighted by molar-refractivity contribution is 0.0937. The summed E-state index contributed by atoms with van der Waals surface area (Å²) in [6.45, 7) is 1.61. The standard InChI is InChI=1S/C21H22N8O7/c1-3-10-5-4-6-12(7-10)36-9-11(30)8-29-14-15(28(2)21(35)25-18(14)33)22-19(29)27-26-13-16(31)23-20(34)24-17(13)32/h4-7,11,30H,3,8-9H2,1-2H3,(H,25,33,35)(H3,23,24,31,32,34)/t11-/m1/s1. The zero-order valence-corrected chi connectivity index (χ0v) is 19.2. The molecule has 15 heteroatoms. The molecular weight excluding hydrogens is 476 g/mol. The number of aliphatic hydroxyl groups is 1. The Bertz CT molecular complexity index is 1690. The minimum absolute atomic E-state index is 0.0546. The summed E-state index contributed by atoms with van der Waals surface area (Å²) in [4.78, 5) is 58.0. The van der Waals surface area contributed by atoms with Crippen LogP contribution >= 0.6 is 0 Å². The molecule has 3 heterocycles. The topological polar surface area (TPSA) is 213 Å². The molecule has 3 aromatic heterocycles. The molecule has 0 saturated heterocycles.